The number of fused-ring (bicyclic) bond motifs is 9. The number of rotatable bonds is 8. The van der Waals surface area contributed by atoms with Crippen LogP contribution in [0.4, 0.5) is 17.1 Å². The van der Waals surface area contributed by atoms with E-state index in [4.69, 9.17) is 4.42 Å². The molecule has 0 atom stereocenters. The number of para-hydroxylation sites is 2. The van der Waals surface area contributed by atoms with Crippen molar-refractivity contribution in [3.05, 3.63) is 283 Å². The van der Waals surface area contributed by atoms with Gasteiger partial charge in [-0.25, -0.2) is 0 Å². The van der Waals surface area contributed by atoms with Crippen molar-refractivity contribution in [2.75, 3.05) is 4.90 Å². The molecular weight excluding hydrogens is 867 g/mol. The van der Waals surface area contributed by atoms with Gasteiger partial charge in [0.15, 0.2) is 0 Å². The van der Waals surface area contributed by atoms with Gasteiger partial charge in [-0.3, -0.25) is 0 Å². The van der Waals surface area contributed by atoms with Crippen molar-refractivity contribution in [3.63, 3.8) is 0 Å². The average molecular weight is 910 g/mol. The van der Waals surface area contributed by atoms with E-state index in [9.17, 15) is 0 Å². The standard InChI is InChI=1S/C67H43NOS/c1-3-16-49(17-4-1)67(50-18-5-2-6-19-50)61-26-10-7-21-55(61)59-42-48(33-39-62(59)67)46-15-13-20-53(41-46)68(51-35-29-44(30-36-51)47-34-40-65-60(43-47)57-23-9-12-28-64(57)70-65)52-37-31-45(32-38-52)54-24-14-25-58-56-22-8-11-27-63(56)69-66(54)58/h1-43H. The number of hydrogen-bond acceptors (Lipinski definition) is 3. The average Bonchev–Trinajstić information content (AvgIpc) is 4.10. The van der Waals surface area contributed by atoms with Crippen LogP contribution in [-0.2, 0) is 5.41 Å². The quantitative estimate of drug-likeness (QED) is 0.151. The molecule has 11 aromatic carbocycles. The molecule has 2 heterocycles. The minimum Gasteiger partial charge on any atom is -0.455 e. The highest BCUT2D eigenvalue weighted by atomic mass is 32.1. The maximum Gasteiger partial charge on any atom is 0.143 e. The van der Waals surface area contributed by atoms with E-state index in [1.807, 2.05) is 23.5 Å². The normalized spacial score (nSPS) is 12.7. The molecule has 0 N–H and O–H groups in total. The Labute approximate surface area is 410 Å². The summed E-state index contributed by atoms with van der Waals surface area (Å²) in [6, 6.07) is 95.5. The molecule has 0 spiro atoms. The van der Waals surface area contributed by atoms with E-state index in [-0.39, 0.29) is 0 Å². The highest BCUT2D eigenvalue weighted by Crippen LogP contribution is 2.57. The van der Waals surface area contributed by atoms with Gasteiger partial charge in [-0.2, -0.15) is 0 Å². The summed E-state index contributed by atoms with van der Waals surface area (Å²) in [6.45, 7) is 0. The van der Waals surface area contributed by atoms with Crippen LogP contribution in [0.15, 0.2) is 265 Å². The van der Waals surface area contributed by atoms with Crippen molar-refractivity contribution in [2.45, 2.75) is 5.41 Å². The molecule has 0 radical (unpaired) electrons. The Bertz CT molecular complexity index is 4070. The minimum absolute atomic E-state index is 0.441. The maximum absolute atomic E-state index is 6.49. The minimum atomic E-state index is -0.441. The van der Waals surface area contributed by atoms with Crippen molar-refractivity contribution >= 4 is 70.5 Å². The molecule has 0 amide bonds. The van der Waals surface area contributed by atoms with Crippen molar-refractivity contribution < 1.29 is 4.42 Å². The molecule has 0 aliphatic heterocycles. The van der Waals surface area contributed by atoms with Crippen molar-refractivity contribution in [2.24, 2.45) is 0 Å². The molecule has 14 rings (SSSR count). The predicted molar refractivity (Wildman–Crippen MR) is 295 cm³/mol. The highest BCUT2D eigenvalue weighted by Gasteiger charge is 2.46. The third-order valence-electron chi connectivity index (χ3n) is 14.6. The maximum atomic E-state index is 6.49. The number of hydrogen-bond donors (Lipinski definition) is 0. The molecular formula is C67H43NOS. The fraction of sp³-hybridized carbons (Fsp3) is 0.0149. The van der Waals surface area contributed by atoms with Gasteiger partial charge >= 0.3 is 0 Å². The lowest BCUT2D eigenvalue weighted by atomic mass is 9.67. The lowest BCUT2D eigenvalue weighted by molar-refractivity contribution is 0.670. The summed E-state index contributed by atoms with van der Waals surface area (Å²) in [5.74, 6) is 0. The first-order chi connectivity index (χ1) is 34.7. The molecule has 1 aliphatic carbocycles. The smallest absolute Gasteiger partial charge is 0.143 e. The van der Waals surface area contributed by atoms with Gasteiger partial charge in [-0.1, -0.05) is 194 Å². The Morgan fingerprint density at radius 1 is 0.314 bits per heavy atom. The fourth-order valence-electron chi connectivity index (χ4n) is 11.4. The molecule has 13 aromatic rings. The Morgan fingerprint density at radius 2 is 0.871 bits per heavy atom. The van der Waals surface area contributed by atoms with Crippen LogP contribution in [0.2, 0.25) is 0 Å². The second-order valence-corrected chi connectivity index (χ2v) is 19.4. The summed E-state index contributed by atoms with van der Waals surface area (Å²) >= 11 is 1.86. The van der Waals surface area contributed by atoms with Crippen molar-refractivity contribution in [3.8, 4) is 44.5 Å². The van der Waals surface area contributed by atoms with Crippen molar-refractivity contribution in [1.82, 2.24) is 0 Å². The van der Waals surface area contributed by atoms with E-state index in [1.54, 1.807) is 0 Å². The second-order valence-electron chi connectivity index (χ2n) is 18.4. The molecule has 0 unspecified atom stereocenters. The molecule has 0 bridgehead atoms. The Morgan fingerprint density at radius 3 is 1.66 bits per heavy atom. The summed E-state index contributed by atoms with van der Waals surface area (Å²) < 4.78 is 9.12. The van der Waals surface area contributed by atoms with Crippen LogP contribution >= 0.6 is 11.3 Å². The van der Waals surface area contributed by atoms with Gasteiger partial charge in [0, 0.05) is 53.6 Å². The molecule has 0 saturated carbocycles. The lowest BCUT2D eigenvalue weighted by Crippen LogP contribution is -2.28. The van der Waals surface area contributed by atoms with Crippen LogP contribution < -0.4 is 4.90 Å². The number of anilines is 3. The lowest BCUT2D eigenvalue weighted by Gasteiger charge is -2.33. The summed E-state index contributed by atoms with van der Waals surface area (Å²) in [6.07, 6.45) is 0. The highest BCUT2D eigenvalue weighted by molar-refractivity contribution is 7.25. The Hall–Kier alpha value is -8.76. The van der Waals surface area contributed by atoms with Gasteiger partial charge in [0.05, 0.1) is 5.41 Å². The number of nitrogens with zero attached hydrogens (tertiary/aromatic N) is 1. The van der Waals surface area contributed by atoms with Gasteiger partial charge in [-0.15, -0.1) is 11.3 Å². The zero-order valence-electron chi connectivity index (χ0n) is 38.1. The SMILES string of the molecule is c1ccc(C2(c3ccccc3)c3ccccc3-c3cc(-c4cccc(N(c5ccc(-c6ccc7sc8ccccc8c7c6)cc5)c5ccc(-c6cccc7c6oc6ccccc67)cc5)c4)ccc32)cc1. The third kappa shape index (κ3) is 6.32. The molecule has 1 aliphatic rings. The van der Waals surface area contributed by atoms with Crippen LogP contribution in [0.3, 0.4) is 0 Å². The van der Waals surface area contributed by atoms with Crippen LogP contribution in [0, 0.1) is 0 Å². The summed E-state index contributed by atoms with van der Waals surface area (Å²) in [4.78, 5) is 2.38. The monoisotopic (exact) mass is 909 g/mol. The predicted octanol–water partition coefficient (Wildman–Crippen LogP) is 18.8. The van der Waals surface area contributed by atoms with Crippen molar-refractivity contribution in [1.29, 1.82) is 0 Å². The second kappa shape index (κ2) is 16.2. The molecule has 3 heteroatoms. The molecule has 0 saturated heterocycles. The molecule has 328 valence electrons. The van der Waals surface area contributed by atoms with E-state index >= 15 is 0 Å². The van der Waals surface area contributed by atoms with E-state index < -0.39 is 5.41 Å². The summed E-state index contributed by atoms with van der Waals surface area (Å²) in [7, 11) is 0. The largest absolute Gasteiger partial charge is 0.455 e. The first kappa shape index (κ1) is 40.3. The third-order valence-corrected chi connectivity index (χ3v) is 15.7. The topological polar surface area (TPSA) is 16.4 Å². The molecule has 2 nitrogen and oxygen atoms in total. The Balaban J connectivity index is 0.887. The van der Waals surface area contributed by atoms with Crippen LogP contribution in [0.5, 0.6) is 0 Å². The number of benzene rings is 11. The summed E-state index contributed by atoms with van der Waals surface area (Å²) in [5, 5.41) is 4.88. The molecule has 0 fully saturated rings. The summed E-state index contributed by atoms with van der Waals surface area (Å²) in [5.41, 5.74) is 19.2. The molecule has 2 aromatic heterocycles. The van der Waals surface area contributed by atoms with Crippen LogP contribution in [0.25, 0.3) is 86.6 Å². The van der Waals surface area contributed by atoms with Gasteiger partial charge < -0.3 is 9.32 Å². The van der Waals surface area contributed by atoms with E-state index in [0.717, 1.165) is 55.7 Å². The van der Waals surface area contributed by atoms with Crippen LogP contribution in [-0.4, -0.2) is 0 Å². The van der Waals surface area contributed by atoms with E-state index in [2.05, 4.69) is 254 Å². The van der Waals surface area contributed by atoms with Gasteiger partial charge in [0.2, 0.25) is 0 Å². The Kier molecular flexibility index (Phi) is 9.33. The van der Waals surface area contributed by atoms with E-state index in [0.29, 0.717) is 0 Å². The van der Waals surface area contributed by atoms with Gasteiger partial charge in [0.1, 0.15) is 11.2 Å². The zero-order chi connectivity index (χ0) is 46.2. The van der Waals surface area contributed by atoms with Gasteiger partial charge in [0.25, 0.3) is 0 Å². The first-order valence-corrected chi connectivity index (χ1v) is 24.8. The number of furan rings is 1. The first-order valence-electron chi connectivity index (χ1n) is 24.0. The van der Waals surface area contributed by atoms with Crippen LogP contribution in [0.1, 0.15) is 22.3 Å². The number of thiophene rings is 1. The zero-order valence-corrected chi connectivity index (χ0v) is 38.9. The fourth-order valence-corrected chi connectivity index (χ4v) is 12.5. The van der Waals surface area contributed by atoms with Gasteiger partial charge in [-0.05, 0) is 128 Å². The molecule has 70 heavy (non-hydrogen) atoms. The van der Waals surface area contributed by atoms with E-state index in [1.165, 1.54) is 70.2 Å².